The summed E-state index contributed by atoms with van der Waals surface area (Å²) in [6.07, 6.45) is 5.74. The SMILES string of the molecule is CC1(CN2CC(=O)NC(C)(C3CC3)C2=O)CCC1. The minimum absolute atomic E-state index is 0.00641. The average Bonchev–Trinajstić information content (AvgIpc) is 3.06. The van der Waals surface area contributed by atoms with Gasteiger partial charge in [0.05, 0.1) is 6.54 Å². The lowest BCUT2D eigenvalue weighted by atomic mass is 9.70. The fraction of sp³-hybridized carbons (Fsp3) is 0.857. The van der Waals surface area contributed by atoms with Gasteiger partial charge in [0.15, 0.2) is 0 Å². The molecule has 2 saturated carbocycles. The molecule has 1 aliphatic heterocycles. The van der Waals surface area contributed by atoms with Crippen LogP contribution in [0.5, 0.6) is 0 Å². The van der Waals surface area contributed by atoms with Crippen LogP contribution in [0.15, 0.2) is 0 Å². The summed E-state index contributed by atoms with van der Waals surface area (Å²) >= 11 is 0. The molecule has 0 spiro atoms. The minimum Gasteiger partial charge on any atom is -0.340 e. The Morgan fingerprint density at radius 1 is 1.28 bits per heavy atom. The lowest BCUT2D eigenvalue weighted by Gasteiger charge is -2.46. The van der Waals surface area contributed by atoms with E-state index in [1.54, 1.807) is 4.90 Å². The van der Waals surface area contributed by atoms with Gasteiger partial charge >= 0.3 is 0 Å². The molecule has 3 fully saturated rings. The van der Waals surface area contributed by atoms with Crippen molar-refractivity contribution in [2.75, 3.05) is 13.1 Å². The van der Waals surface area contributed by atoms with Gasteiger partial charge in [0.25, 0.3) is 0 Å². The molecule has 1 atom stereocenters. The largest absolute Gasteiger partial charge is 0.340 e. The zero-order valence-corrected chi connectivity index (χ0v) is 11.3. The summed E-state index contributed by atoms with van der Waals surface area (Å²) in [6.45, 7) is 5.13. The van der Waals surface area contributed by atoms with Crippen molar-refractivity contribution in [3.05, 3.63) is 0 Å². The van der Waals surface area contributed by atoms with E-state index in [4.69, 9.17) is 0 Å². The highest BCUT2D eigenvalue weighted by molar-refractivity contribution is 5.98. The van der Waals surface area contributed by atoms with Gasteiger partial charge in [-0.2, -0.15) is 0 Å². The maximum absolute atomic E-state index is 12.6. The Hall–Kier alpha value is -1.06. The molecule has 0 aromatic heterocycles. The van der Waals surface area contributed by atoms with Crippen LogP contribution in [0.4, 0.5) is 0 Å². The number of piperazine rings is 1. The predicted octanol–water partition coefficient (Wildman–Crippen LogP) is 1.30. The van der Waals surface area contributed by atoms with Crippen LogP contribution in [0.3, 0.4) is 0 Å². The molecule has 2 aliphatic carbocycles. The van der Waals surface area contributed by atoms with Crippen molar-refractivity contribution in [2.24, 2.45) is 11.3 Å². The first-order chi connectivity index (χ1) is 8.43. The van der Waals surface area contributed by atoms with Gasteiger partial charge in [0.2, 0.25) is 11.8 Å². The Morgan fingerprint density at radius 3 is 2.44 bits per heavy atom. The summed E-state index contributed by atoms with van der Waals surface area (Å²) in [4.78, 5) is 26.3. The summed E-state index contributed by atoms with van der Waals surface area (Å²) in [6, 6.07) is 0. The van der Waals surface area contributed by atoms with Gasteiger partial charge < -0.3 is 10.2 Å². The molecule has 0 aromatic carbocycles. The van der Waals surface area contributed by atoms with Crippen LogP contribution in [-0.4, -0.2) is 35.3 Å². The number of carbonyl (C=O) groups excluding carboxylic acids is 2. The van der Waals surface area contributed by atoms with E-state index in [1.807, 2.05) is 6.92 Å². The van der Waals surface area contributed by atoms with Gasteiger partial charge in [0, 0.05) is 6.54 Å². The molecule has 3 rings (SSSR count). The van der Waals surface area contributed by atoms with E-state index >= 15 is 0 Å². The van der Waals surface area contributed by atoms with E-state index in [2.05, 4.69) is 12.2 Å². The molecule has 4 heteroatoms. The predicted molar refractivity (Wildman–Crippen MR) is 67.8 cm³/mol. The Bertz CT molecular complexity index is 399. The minimum atomic E-state index is -0.630. The fourth-order valence-corrected chi connectivity index (χ4v) is 3.42. The van der Waals surface area contributed by atoms with E-state index in [0.29, 0.717) is 5.92 Å². The van der Waals surface area contributed by atoms with Gasteiger partial charge in [0.1, 0.15) is 5.54 Å². The van der Waals surface area contributed by atoms with Crippen molar-refractivity contribution in [3.63, 3.8) is 0 Å². The Kier molecular flexibility index (Phi) is 2.48. The highest BCUT2D eigenvalue weighted by Gasteiger charge is 2.53. The van der Waals surface area contributed by atoms with Crippen molar-refractivity contribution in [2.45, 2.75) is 51.5 Å². The molecular weight excluding hydrogens is 228 g/mol. The first-order valence-electron chi connectivity index (χ1n) is 7.03. The van der Waals surface area contributed by atoms with Crippen LogP contribution in [0, 0.1) is 11.3 Å². The molecule has 100 valence electrons. The third-order valence-electron chi connectivity index (χ3n) is 4.99. The Balaban J connectivity index is 1.77. The Morgan fingerprint density at radius 2 is 1.94 bits per heavy atom. The van der Waals surface area contributed by atoms with E-state index in [0.717, 1.165) is 19.4 Å². The van der Waals surface area contributed by atoms with Crippen molar-refractivity contribution in [3.8, 4) is 0 Å². The highest BCUT2D eigenvalue weighted by Crippen LogP contribution is 2.44. The van der Waals surface area contributed by atoms with Crippen LogP contribution < -0.4 is 5.32 Å². The molecule has 0 aromatic rings. The monoisotopic (exact) mass is 250 g/mol. The normalized spacial score (nSPS) is 35.1. The summed E-state index contributed by atoms with van der Waals surface area (Å²) in [5.41, 5.74) is -0.382. The Labute approximate surface area is 108 Å². The van der Waals surface area contributed by atoms with E-state index in [-0.39, 0.29) is 23.8 Å². The third kappa shape index (κ3) is 1.82. The van der Waals surface area contributed by atoms with Crippen LogP contribution in [0.1, 0.15) is 46.0 Å². The average molecular weight is 250 g/mol. The van der Waals surface area contributed by atoms with E-state index < -0.39 is 5.54 Å². The molecule has 1 unspecified atom stereocenters. The smallest absolute Gasteiger partial charge is 0.248 e. The van der Waals surface area contributed by atoms with Gasteiger partial charge in [-0.1, -0.05) is 13.3 Å². The van der Waals surface area contributed by atoms with Gasteiger partial charge in [-0.15, -0.1) is 0 Å². The first kappa shape index (κ1) is 12.0. The molecule has 0 radical (unpaired) electrons. The van der Waals surface area contributed by atoms with Crippen molar-refractivity contribution < 1.29 is 9.59 Å². The number of nitrogens with zero attached hydrogens (tertiary/aromatic N) is 1. The third-order valence-corrected chi connectivity index (χ3v) is 4.99. The molecule has 4 nitrogen and oxygen atoms in total. The lowest BCUT2D eigenvalue weighted by molar-refractivity contribution is -0.152. The van der Waals surface area contributed by atoms with Crippen molar-refractivity contribution in [1.29, 1.82) is 0 Å². The second kappa shape index (κ2) is 3.72. The zero-order chi connectivity index (χ0) is 13.0. The van der Waals surface area contributed by atoms with Gasteiger partial charge in [-0.25, -0.2) is 0 Å². The summed E-state index contributed by atoms with van der Waals surface area (Å²) in [5, 5.41) is 2.93. The quantitative estimate of drug-likeness (QED) is 0.821. The van der Waals surface area contributed by atoms with E-state index in [9.17, 15) is 9.59 Å². The number of hydrogen-bond donors (Lipinski definition) is 1. The van der Waals surface area contributed by atoms with Crippen LogP contribution >= 0.6 is 0 Å². The van der Waals surface area contributed by atoms with E-state index in [1.165, 1.54) is 19.3 Å². The van der Waals surface area contributed by atoms with Crippen LogP contribution in [-0.2, 0) is 9.59 Å². The zero-order valence-electron chi connectivity index (χ0n) is 11.3. The van der Waals surface area contributed by atoms with Crippen molar-refractivity contribution in [1.82, 2.24) is 10.2 Å². The number of hydrogen-bond acceptors (Lipinski definition) is 2. The maximum Gasteiger partial charge on any atom is 0.248 e. The lowest BCUT2D eigenvalue weighted by Crippen LogP contribution is -2.67. The fourth-order valence-electron chi connectivity index (χ4n) is 3.42. The molecule has 1 N–H and O–H groups in total. The summed E-state index contributed by atoms with van der Waals surface area (Å²) < 4.78 is 0. The van der Waals surface area contributed by atoms with Crippen LogP contribution in [0.25, 0.3) is 0 Å². The summed E-state index contributed by atoms with van der Waals surface area (Å²) in [5.74, 6) is 0.496. The maximum atomic E-state index is 12.6. The van der Waals surface area contributed by atoms with Gasteiger partial charge in [-0.3, -0.25) is 9.59 Å². The first-order valence-corrected chi connectivity index (χ1v) is 7.03. The summed E-state index contributed by atoms with van der Waals surface area (Å²) in [7, 11) is 0. The molecule has 1 saturated heterocycles. The molecule has 0 bridgehead atoms. The molecular formula is C14H22N2O2. The van der Waals surface area contributed by atoms with Gasteiger partial charge in [-0.05, 0) is 43.9 Å². The highest BCUT2D eigenvalue weighted by atomic mass is 16.2. The molecule has 2 amide bonds. The second-order valence-electron chi connectivity index (χ2n) is 6.85. The van der Waals surface area contributed by atoms with Crippen LogP contribution in [0.2, 0.25) is 0 Å². The molecule has 1 heterocycles. The number of nitrogens with one attached hydrogen (secondary N) is 1. The number of rotatable bonds is 3. The molecule has 3 aliphatic rings. The number of amides is 2. The second-order valence-corrected chi connectivity index (χ2v) is 6.85. The topological polar surface area (TPSA) is 49.4 Å². The molecule has 18 heavy (non-hydrogen) atoms. The standard InChI is InChI=1S/C14H22N2O2/c1-13(6-3-7-13)9-16-8-11(17)15-14(2,12(16)18)10-4-5-10/h10H,3-9H2,1-2H3,(H,15,17). The number of carbonyl (C=O) groups is 2. The van der Waals surface area contributed by atoms with Crippen molar-refractivity contribution >= 4 is 11.8 Å².